The number of halogens is 3. The number of nitrogens with one attached hydrogen (secondary N) is 1. The molecule has 1 aliphatic heterocycles. The van der Waals surface area contributed by atoms with Crippen molar-refractivity contribution in [3.05, 3.63) is 130 Å². The van der Waals surface area contributed by atoms with Crippen LogP contribution in [0.5, 0.6) is 0 Å². The van der Waals surface area contributed by atoms with Gasteiger partial charge in [-0.3, -0.25) is 14.4 Å². The van der Waals surface area contributed by atoms with Crippen molar-refractivity contribution in [1.29, 1.82) is 0 Å². The number of hydrogen-bond acceptors (Lipinski definition) is 4. The lowest BCUT2D eigenvalue weighted by Gasteiger charge is -2.36. The van der Waals surface area contributed by atoms with Crippen LogP contribution in [-0.4, -0.2) is 60.2 Å². The van der Waals surface area contributed by atoms with Crippen molar-refractivity contribution in [1.82, 2.24) is 9.80 Å². The van der Waals surface area contributed by atoms with Crippen LogP contribution in [0.1, 0.15) is 26.3 Å². The Balaban J connectivity index is 1.20. The Hall–Kier alpha value is -4.76. The Labute approximate surface area is 253 Å². The molecule has 220 valence electrons. The predicted octanol–water partition coefficient (Wildman–Crippen LogP) is 5.86. The van der Waals surface area contributed by atoms with E-state index in [1.165, 1.54) is 29.2 Å². The Bertz CT molecular complexity index is 1610. The quantitative estimate of drug-likeness (QED) is 0.274. The van der Waals surface area contributed by atoms with Gasteiger partial charge in [0.15, 0.2) is 0 Å². The Kier molecular flexibility index (Phi) is 9.32. The molecule has 1 heterocycles. The van der Waals surface area contributed by atoms with Gasteiger partial charge in [-0.2, -0.15) is 0 Å². The molecular formula is C33H29ClF2N4O3. The molecule has 0 aliphatic carbocycles. The van der Waals surface area contributed by atoms with Gasteiger partial charge in [-0.25, -0.2) is 8.78 Å². The largest absolute Gasteiger partial charge is 0.368 e. The van der Waals surface area contributed by atoms with Gasteiger partial charge in [-0.1, -0.05) is 48.0 Å². The molecule has 0 bridgehead atoms. The summed E-state index contributed by atoms with van der Waals surface area (Å²) in [6, 6.07) is 25.6. The maximum atomic E-state index is 14.1. The zero-order valence-electron chi connectivity index (χ0n) is 23.2. The molecule has 7 nitrogen and oxygen atoms in total. The first-order chi connectivity index (χ1) is 20.8. The molecule has 0 spiro atoms. The van der Waals surface area contributed by atoms with Gasteiger partial charge < -0.3 is 20.0 Å². The molecule has 1 N–H and O–H groups in total. The van der Waals surface area contributed by atoms with Gasteiger partial charge in [-0.05, 0) is 66.2 Å². The number of benzene rings is 4. The molecule has 0 aromatic heterocycles. The monoisotopic (exact) mass is 602 g/mol. The fourth-order valence-electron chi connectivity index (χ4n) is 4.92. The summed E-state index contributed by atoms with van der Waals surface area (Å²) in [5.74, 6) is -2.08. The molecule has 10 heteroatoms. The molecule has 43 heavy (non-hydrogen) atoms. The minimum absolute atomic E-state index is 0.0702. The molecule has 0 unspecified atom stereocenters. The maximum Gasteiger partial charge on any atom is 0.256 e. The van der Waals surface area contributed by atoms with Gasteiger partial charge in [0.25, 0.3) is 11.8 Å². The van der Waals surface area contributed by atoms with Crippen molar-refractivity contribution in [2.75, 3.05) is 42.9 Å². The number of carbonyl (C=O) groups is 3. The van der Waals surface area contributed by atoms with Crippen LogP contribution >= 0.6 is 11.6 Å². The van der Waals surface area contributed by atoms with Crippen molar-refractivity contribution in [3.63, 3.8) is 0 Å². The van der Waals surface area contributed by atoms with Gasteiger partial charge in [0, 0.05) is 44.1 Å². The molecule has 0 atom stereocenters. The number of piperazine rings is 1. The van der Waals surface area contributed by atoms with Gasteiger partial charge in [0.1, 0.15) is 18.2 Å². The van der Waals surface area contributed by atoms with Crippen molar-refractivity contribution in [2.24, 2.45) is 0 Å². The lowest BCUT2D eigenvalue weighted by atomic mass is 10.1. The van der Waals surface area contributed by atoms with Crippen molar-refractivity contribution >= 4 is 40.7 Å². The second-order valence-electron chi connectivity index (χ2n) is 10.1. The molecule has 1 fully saturated rings. The minimum Gasteiger partial charge on any atom is -0.368 e. The SMILES string of the molecule is O=C(CN(Cc1ccc(F)cc1)C(=O)c1ccccc1Cl)Nc1ccc(N2CCN(C(=O)c3ccccc3F)CC2)cc1. The van der Waals surface area contributed by atoms with Gasteiger partial charge in [0.05, 0.1) is 16.1 Å². The van der Waals surface area contributed by atoms with Crippen LogP contribution in [0.25, 0.3) is 0 Å². The highest BCUT2D eigenvalue weighted by Crippen LogP contribution is 2.22. The molecule has 0 saturated carbocycles. The van der Waals surface area contributed by atoms with E-state index >= 15 is 0 Å². The summed E-state index contributed by atoms with van der Waals surface area (Å²) in [4.78, 5) is 44.2. The maximum absolute atomic E-state index is 14.1. The van der Waals surface area contributed by atoms with Crippen molar-refractivity contribution < 1.29 is 23.2 Å². The second kappa shape index (κ2) is 13.5. The fraction of sp³-hybridized carbons (Fsp3) is 0.182. The second-order valence-corrected chi connectivity index (χ2v) is 10.5. The lowest BCUT2D eigenvalue weighted by Crippen LogP contribution is -2.49. The summed E-state index contributed by atoms with van der Waals surface area (Å²) >= 11 is 6.25. The predicted molar refractivity (Wildman–Crippen MR) is 162 cm³/mol. The van der Waals surface area contributed by atoms with Crippen LogP contribution in [-0.2, 0) is 11.3 Å². The highest BCUT2D eigenvalue weighted by atomic mass is 35.5. The first-order valence-corrected chi connectivity index (χ1v) is 14.1. The summed E-state index contributed by atoms with van der Waals surface area (Å²) in [6.45, 7) is 1.90. The Morgan fingerprint density at radius 1 is 0.767 bits per heavy atom. The number of anilines is 2. The summed E-state index contributed by atoms with van der Waals surface area (Å²) < 4.78 is 27.5. The summed E-state index contributed by atoms with van der Waals surface area (Å²) in [6.07, 6.45) is 0. The number of rotatable bonds is 8. The van der Waals surface area contributed by atoms with Crippen molar-refractivity contribution in [3.8, 4) is 0 Å². The fourth-order valence-corrected chi connectivity index (χ4v) is 5.13. The van der Waals surface area contributed by atoms with Crippen LogP contribution in [0.3, 0.4) is 0 Å². The zero-order valence-corrected chi connectivity index (χ0v) is 23.9. The number of amides is 3. The van der Waals surface area contributed by atoms with Crippen LogP contribution in [0.2, 0.25) is 5.02 Å². The van der Waals surface area contributed by atoms with Crippen LogP contribution < -0.4 is 10.2 Å². The van der Waals surface area contributed by atoms with Gasteiger partial charge in [0.2, 0.25) is 5.91 Å². The van der Waals surface area contributed by atoms with Gasteiger partial charge in [-0.15, -0.1) is 0 Å². The lowest BCUT2D eigenvalue weighted by molar-refractivity contribution is -0.117. The van der Waals surface area contributed by atoms with Crippen LogP contribution in [0.15, 0.2) is 97.1 Å². The van der Waals surface area contributed by atoms with E-state index in [2.05, 4.69) is 10.2 Å². The van der Waals surface area contributed by atoms with E-state index < -0.39 is 23.4 Å². The molecule has 3 amide bonds. The first-order valence-electron chi connectivity index (χ1n) is 13.8. The topological polar surface area (TPSA) is 73.0 Å². The summed E-state index contributed by atoms with van der Waals surface area (Å²) in [7, 11) is 0. The van der Waals surface area contributed by atoms with Crippen LogP contribution in [0, 0.1) is 11.6 Å². The van der Waals surface area contributed by atoms with E-state index in [9.17, 15) is 23.2 Å². The van der Waals surface area contributed by atoms with E-state index in [-0.39, 0.29) is 35.1 Å². The molecule has 5 rings (SSSR count). The molecule has 1 aliphatic rings. The molecular weight excluding hydrogens is 574 g/mol. The highest BCUT2D eigenvalue weighted by Gasteiger charge is 2.25. The third-order valence-corrected chi connectivity index (χ3v) is 7.53. The van der Waals surface area contributed by atoms with E-state index in [0.29, 0.717) is 37.4 Å². The minimum atomic E-state index is -0.528. The van der Waals surface area contributed by atoms with Crippen molar-refractivity contribution in [2.45, 2.75) is 6.54 Å². The molecule has 4 aromatic carbocycles. The highest BCUT2D eigenvalue weighted by molar-refractivity contribution is 6.33. The normalized spacial score (nSPS) is 13.0. The summed E-state index contributed by atoms with van der Waals surface area (Å²) in [5, 5.41) is 3.10. The number of nitrogens with zero attached hydrogens (tertiary/aromatic N) is 3. The third-order valence-electron chi connectivity index (χ3n) is 7.20. The smallest absolute Gasteiger partial charge is 0.256 e. The first kappa shape index (κ1) is 29.7. The zero-order chi connectivity index (χ0) is 30.3. The van der Waals surface area contributed by atoms with E-state index in [1.54, 1.807) is 65.6 Å². The summed E-state index contributed by atoms with van der Waals surface area (Å²) in [5.41, 5.74) is 2.46. The molecule has 1 saturated heterocycles. The van der Waals surface area contributed by atoms with E-state index in [0.717, 1.165) is 5.69 Å². The van der Waals surface area contributed by atoms with Gasteiger partial charge >= 0.3 is 0 Å². The van der Waals surface area contributed by atoms with E-state index in [1.807, 2.05) is 12.1 Å². The molecule has 0 radical (unpaired) electrons. The average molecular weight is 603 g/mol. The van der Waals surface area contributed by atoms with Crippen LogP contribution in [0.4, 0.5) is 20.2 Å². The Morgan fingerprint density at radius 3 is 2.05 bits per heavy atom. The average Bonchev–Trinajstić information content (AvgIpc) is 3.02. The number of carbonyl (C=O) groups excluding carboxylic acids is 3. The van der Waals surface area contributed by atoms with E-state index in [4.69, 9.17) is 11.6 Å². The standard InChI is InChI=1S/C33H29ClF2N4O3/c34-29-7-3-1-5-27(29)32(42)40(21-23-9-11-24(35)12-10-23)22-31(41)37-25-13-15-26(16-14-25)38-17-19-39(20-18-38)33(43)28-6-2-4-8-30(28)36/h1-16H,17-22H2,(H,37,41). The molecule has 4 aromatic rings. The number of hydrogen-bond donors (Lipinski definition) is 1. The third kappa shape index (κ3) is 7.37. The Morgan fingerprint density at radius 2 is 1.40 bits per heavy atom.